The van der Waals surface area contributed by atoms with E-state index in [9.17, 15) is 19.8 Å². The maximum Gasteiger partial charge on any atom is 0.237 e. The fourth-order valence-corrected chi connectivity index (χ4v) is 10.3. The van der Waals surface area contributed by atoms with Crippen molar-refractivity contribution < 1.29 is 19.8 Å². The van der Waals surface area contributed by atoms with Gasteiger partial charge in [0, 0.05) is 23.7 Å². The first-order valence-electron chi connectivity index (χ1n) is 14.0. The molecule has 6 rings (SSSR count). The number of aromatic hydroxyl groups is 1. The van der Waals surface area contributed by atoms with Crippen molar-refractivity contribution in [1.29, 1.82) is 0 Å². The van der Waals surface area contributed by atoms with Crippen LogP contribution in [0, 0.1) is 51.8 Å². The Bertz CT molecular complexity index is 1250. The van der Waals surface area contributed by atoms with Crippen LogP contribution in [0.15, 0.2) is 47.6 Å². The Morgan fingerprint density at radius 3 is 2.35 bits per heavy atom. The fraction of sp³-hybridized carbons (Fsp3) is 0.625. The third-order valence-electron chi connectivity index (χ3n) is 11.5. The molecule has 5 heteroatoms. The van der Waals surface area contributed by atoms with Gasteiger partial charge in [-0.2, -0.15) is 0 Å². The number of fused-ring (bicyclic) bond motifs is 4. The van der Waals surface area contributed by atoms with E-state index in [2.05, 4.69) is 59.0 Å². The molecule has 0 bridgehead atoms. The normalized spacial score (nSPS) is 48.3. The minimum atomic E-state index is -1.56. The van der Waals surface area contributed by atoms with Crippen LogP contribution in [-0.2, 0) is 16.0 Å². The lowest BCUT2D eigenvalue weighted by atomic mass is 9.48. The number of carbonyl (C=O) groups is 2. The highest BCUT2D eigenvalue weighted by Crippen LogP contribution is 2.74. The zero-order valence-corrected chi connectivity index (χ0v) is 23.0. The zero-order valence-electron chi connectivity index (χ0n) is 23.0. The molecule has 0 radical (unpaired) electrons. The summed E-state index contributed by atoms with van der Waals surface area (Å²) in [6, 6.07) is 6.74. The SMILES string of the molecule is CC1=C[C@]2(C)[C@@H]3C(C)=C[C@]4(C)C[C@H](C)CC[C@H]4[C@@H]3C(=O)[C@]23C(=O)N[C@](O)(Cc2ccc(O)cc2)[C@H]3[C@@H]1C. The molecule has 198 valence electrons. The molecule has 1 aromatic carbocycles. The van der Waals surface area contributed by atoms with Crippen molar-refractivity contribution in [2.24, 2.45) is 51.8 Å². The smallest absolute Gasteiger partial charge is 0.237 e. The summed E-state index contributed by atoms with van der Waals surface area (Å²) in [5.41, 5.74) is -0.445. The molecule has 1 heterocycles. The van der Waals surface area contributed by atoms with E-state index >= 15 is 0 Å². The van der Waals surface area contributed by atoms with Crippen LogP contribution < -0.4 is 5.32 Å². The Morgan fingerprint density at radius 1 is 1.00 bits per heavy atom. The van der Waals surface area contributed by atoms with Crippen LogP contribution in [-0.4, -0.2) is 27.6 Å². The number of allylic oxidation sites excluding steroid dienone is 4. The molecule has 1 saturated heterocycles. The summed E-state index contributed by atoms with van der Waals surface area (Å²) in [4.78, 5) is 29.3. The molecular weight excluding hydrogens is 462 g/mol. The molecule has 1 aromatic rings. The van der Waals surface area contributed by atoms with Gasteiger partial charge in [-0.25, -0.2) is 0 Å². The summed E-state index contributed by atoms with van der Waals surface area (Å²) >= 11 is 0. The van der Waals surface area contributed by atoms with Gasteiger partial charge in [0.1, 0.15) is 16.9 Å². The number of Topliss-reactive ketones (excluding diaryl/α,β-unsaturated/α-hetero) is 1. The average Bonchev–Trinajstić information content (AvgIpc) is 3.16. The number of ketones is 1. The topological polar surface area (TPSA) is 86.6 Å². The van der Waals surface area contributed by atoms with E-state index in [0.29, 0.717) is 5.92 Å². The molecule has 4 aliphatic carbocycles. The molecule has 0 unspecified atom stereocenters. The maximum absolute atomic E-state index is 15.0. The second kappa shape index (κ2) is 7.59. The van der Waals surface area contributed by atoms with Crippen molar-refractivity contribution >= 4 is 11.7 Å². The van der Waals surface area contributed by atoms with Crippen LogP contribution in [0.4, 0.5) is 0 Å². The number of hydrogen-bond donors (Lipinski definition) is 3. The molecule has 0 aromatic heterocycles. The summed E-state index contributed by atoms with van der Waals surface area (Å²) in [6.07, 6.45) is 8.05. The number of carbonyl (C=O) groups excluding carboxylic acids is 2. The van der Waals surface area contributed by atoms with Crippen molar-refractivity contribution in [1.82, 2.24) is 5.32 Å². The molecule has 1 amide bonds. The number of rotatable bonds is 2. The van der Waals surface area contributed by atoms with E-state index in [1.807, 2.05) is 0 Å². The van der Waals surface area contributed by atoms with Gasteiger partial charge in [-0.1, -0.05) is 69.5 Å². The average molecular weight is 504 g/mol. The standard InChI is InChI=1S/C32H41NO4/c1-17-7-12-23-24-25(19(3)14-29(23,5)13-17)30(6)15-18(2)20(4)26-31(37,16-21-8-10-22(34)11-9-21)33-28(36)32(26,30)27(24)35/h8-11,14-15,17,20,23-26,34,37H,7,12-13,16H2,1-6H3,(H,33,36)/t17-,20-,23+,24+,25-,26-,29+,30-,31+,32-/m1/s1. The second-order valence-corrected chi connectivity index (χ2v) is 13.7. The Morgan fingerprint density at radius 2 is 1.68 bits per heavy atom. The van der Waals surface area contributed by atoms with Gasteiger partial charge in [0.2, 0.25) is 5.91 Å². The highest BCUT2D eigenvalue weighted by molar-refractivity contribution is 6.13. The Kier molecular flexibility index (Phi) is 5.11. The van der Waals surface area contributed by atoms with Crippen molar-refractivity contribution in [2.45, 2.75) is 73.0 Å². The third-order valence-corrected chi connectivity index (χ3v) is 11.5. The first-order chi connectivity index (χ1) is 17.3. The first kappa shape index (κ1) is 24.9. The van der Waals surface area contributed by atoms with Crippen molar-refractivity contribution in [3.63, 3.8) is 0 Å². The number of aliphatic hydroxyl groups is 1. The molecule has 1 aliphatic heterocycles. The van der Waals surface area contributed by atoms with Gasteiger partial charge in [0.15, 0.2) is 5.78 Å². The van der Waals surface area contributed by atoms with Crippen LogP contribution in [0.2, 0.25) is 0 Å². The van der Waals surface area contributed by atoms with Gasteiger partial charge in [-0.05, 0) is 73.5 Å². The summed E-state index contributed by atoms with van der Waals surface area (Å²) in [6.45, 7) is 13.1. The molecular formula is C32H41NO4. The van der Waals surface area contributed by atoms with Crippen molar-refractivity contribution in [2.75, 3.05) is 0 Å². The van der Waals surface area contributed by atoms with Crippen LogP contribution in [0.1, 0.15) is 66.4 Å². The molecule has 1 spiro atoms. The molecule has 5 nitrogen and oxygen atoms in total. The molecule has 37 heavy (non-hydrogen) atoms. The quantitative estimate of drug-likeness (QED) is 0.384. The molecule has 3 fully saturated rings. The number of amides is 1. The van der Waals surface area contributed by atoms with Gasteiger partial charge in [0.05, 0.1) is 0 Å². The van der Waals surface area contributed by atoms with E-state index in [4.69, 9.17) is 0 Å². The number of phenols is 1. The minimum Gasteiger partial charge on any atom is -0.508 e. The van der Waals surface area contributed by atoms with Crippen LogP contribution in [0.3, 0.4) is 0 Å². The van der Waals surface area contributed by atoms with Gasteiger partial charge in [0.25, 0.3) is 0 Å². The highest BCUT2D eigenvalue weighted by Gasteiger charge is 2.82. The predicted octanol–water partition coefficient (Wildman–Crippen LogP) is 5.18. The first-order valence-corrected chi connectivity index (χ1v) is 14.0. The Hall–Kier alpha value is -2.40. The van der Waals surface area contributed by atoms with E-state index in [1.165, 1.54) is 5.57 Å². The fourth-order valence-electron chi connectivity index (χ4n) is 10.3. The molecule has 5 aliphatic rings. The van der Waals surface area contributed by atoms with Gasteiger partial charge >= 0.3 is 0 Å². The van der Waals surface area contributed by atoms with Crippen LogP contribution >= 0.6 is 0 Å². The summed E-state index contributed by atoms with van der Waals surface area (Å²) in [7, 11) is 0. The van der Waals surface area contributed by atoms with Gasteiger partial charge in [-0.3, -0.25) is 9.59 Å². The van der Waals surface area contributed by atoms with Crippen molar-refractivity contribution in [3.8, 4) is 5.75 Å². The van der Waals surface area contributed by atoms with E-state index in [1.54, 1.807) is 24.3 Å². The largest absolute Gasteiger partial charge is 0.508 e. The van der Waals surface area contributed by atoms with Gasteiger partial charge in [-0.15, -0.1) is 0 Å². The number of benzene rings is 1. The summed E-state index contributed by atoms with van der Waals surface area (Å²) < 4.78 is 0. The van der Waals surface area contributed by atoms with E-state index < -0.39 is 22.5 Å². The lowest BCUT2D eigenvalue weighted by molar-refractivity contribution is -0.151. The number of phenolic OH excluding ortho intramolecular Hbond substituents is 1. The lowest BCUT2D eigenvalue weighted by Gasteiger charge is -2.53. The summed E-state index contributed by atoms with van der Waals surface area (Å²) in [5, 5.41) is 25.0. The predicted molar refractivity (Wildman–Crippen MR) is 142 cm³/mol. The lowest BCUT2D eigenvalue weighted by Crippen LogP contribution is -2.57. The molecule has 3 N–H and O–H groups in total. The maximum atomic E-state index is 15.0. The third kappa shape index (κ3) is 2.95. The van der Waals surface area contributed by atoms with Gasteiger partial charge < -0.3 is 15.5 Å². The highest BCUT2D eigenvalue weighted by atomic mass is 16.3. The Labute approximate surface area is 220 Å². The number of nitrogens with one attached hydrogen (secondary N) is 1. The number of hydrogen-bond acceptors (Lipinski definition) is 4. The van der Waals surface area contributed by atoms with Crippen LogP contribution in [0.5, 0.6) is 5.75 Å². The summed E-state index contributed by atoms with van der Waals surface area (Å²) in [5.74, 6) is -0.241. The second-order valence-electron chi connectivity index (χ2n) is 13.7. The monoisotopic (exact) mass is 503 g/mol. The van der Waals surface area contributed by atoms with E-state index in [0.717, 1.165) is 30.4 Å². The van der Waals surface area contributed by atoms with Crippen LogP contribution in [0.25, 0.3) is 0 Å². The minimum absolute atomic E-state index is 0.0433. The van der Waals surface area contributed by atoms with E-state index in [-0.39, 0.29) is 52.9 Å². The van der Waals surface area contributed by atoms with Crippen molar-refractivity contribution in [3.05, 3.63) is 53.1 Å². The Balaban J connectivity index is 1.54. The molecule has 10 atom stereocenters. The molecule has 2 saturated carbocycles. The zero-order chi connectivity index (χ0) is 26.7.